The molecule has 0 aliphatic heterocycles. The van der Waals surface area contributed by atoms with Gasteiger partial charge in [0, 0.05) is 18.7 Å². The monoisotopic (exact) mass is 209 g/mol. The molecule has 84 valence electrons. The van der Waals surface area contributed by atoms with E-state index in [1.165, 1.54) is 0 Å². The lowest BCUT2D eigenvalue weighted by molar-refractivity contribution is 0.425. The van der Waals surface area contributed by atoms with Crippen LogP contribution in [0.1, 0.15) is 11.4 Å². The van der Waals surface area contributed by atoms with Crippen molar-refractivity contribution in [1.82, 2.24) is 14.9 Å². The van der Waals surface area contributed by atoms with E-state index in [9.17, 15) is 0 Å². The van der Waals surface area contributed by atoms with E-state index >= 15 is 0 Å². The molecular formula is C10H19N5. The second-order valence-corrected chi connectivity index (χ2v) is 3.86. The lowest BCUT2D eigenvalue weighted by Crippen LogP contribution is -2.21. The topological polar surface area (TPSA) is 67.1 Å². The smallest absolute Gasteiger partial charge is 0.134 e. The van der Waals surface area contributed by atoms with Gasteiger partial charge in [-0.1, -0.05) is 0 Å². The summed E-state index contributed by atoms with van der Waals surface area (Å²) in [5, 5.41) is 3.25. The van der Waals surface area contributed by atoms with Crippen LogP contribution in [0.5, 0.6) is 0 Å². The minimum absolute atomic E-state index is 0.551. The van der Waals surface area contributed by atoms with Gasteiger partial charge >= 0.3 is 0 Å². The number of anilines is 2. The van der Waals surface area contributed by atoms with Crippen LogP contribution in [0.2, 0.25) is 0 Å². The maximum atomic E-state index is 5.75. The Balaban J connectivity index is 2.68. The van der Waals surface area contributed by atoms with Gasteiger partial charge in [0.05, 0.1) is 0 Å². The molecule has 5 nitrogen and oxygen atoms in total. The first-order valence-electron chi connectivity index (χ1n) is 5.00. The Labute approximate surface area is 90.7 Å². The predicted octanol–water partition coefficient (Wildman–Crippen LogP) is 0.649. The molecule has 0 aliphatic rings. The summed E-state index contributed by atoms with van der Waals surface area (Å²) in [6.45, 7) is 5.58. The molecule has 0 unspecified atom stereocenters. The second-order valence-electron chi connectivity index (χ2n) is 3.86. The number of likely N-dealkylation sites (N-methyl/N-ethyl adjacent to an activating group) is 1. The van der Waals surface area contributed by atoms with Crippen molar-refractivity contribution in [3.63, 3.8) is 0 Å². The molecule has 0 spiro atoms. The van der Waals surface area contributed by atoms with Crippen LogP contribution in [0, 0.1) is 13.8 Å². The molecule has 1 aromatic heterocycles. The maximum absolute atomic E-state index is 5.75. The molecule has 0 fully saturated rings. The van der Waals surface area contributed by atoms with Crippen molar-refractivity contribution < 1.29 is 0 Å². The van der Waals surface area contributed by atoms with Gasteiger partial charge in [-0.25, -0.2) is 9.97 Å². The first-order chi connectivity index (χ1) is 7.00. The third-order valence-corrected chi connectivity index (χ3v) is 2.15. The van der Waals surface area contributed by atoms with Crippen molar-refractivity contribution in [1.29, 1.82) is 0 Å². The Kier molecular flexibility index (Phi) is 3.85. The summed E-state index contributed by atoms with van der Waals surface area (Å²) >= 11 is 0. The Bertz CT molecular complexity index is 335. The average molecular weight is 209 g/mol. The van der Waals surface area contributed by atoms with Crippen molar-refractivity contribution in [2.45, 2.75) is 13.8 Å². The molecule has 0 saturated carbocycles. The van der Waals surface area contributed by atoms with E-state index in [1.54, 1.807) is 0 Å². The zero-order valence-corrected chi connectivity index (χ0v) is 9.83. The lowest BCUT2D eigenvalue weighted by atomic mass is 10.3. The highest BCUT2D eigenvalue weighted by Gasteiger charge is 2.05. The van der Waals surface area contributed by atoms with Gasteiger partial charge in [0.1, 0.15) is 17.5 Å². The van der Waals surface area contributed by atoms with Crippen molar-refractivity contribution in [3.05, 3.63) is 11.4 Å². The quantitative estimate of drug-likeness (QED) is 0.762. The molecular weight excluding hydrogens is 190 g/mol. The van der Waals surface area contributed by atoms with Crippen LogP contribution in [0.15, 0.2) is 0 Å². The van der Waals surface area contributed by atoms with Gasteiger partial charge in [0.25, 0.3) is 0 Å². The minimum atomic E-state index is 0.551. The standard InChI is InChI=1S/C10H19N5/c1-7-9(11)13-8(2)14-10(7)12-5-6-15(3)4/h5-6H2,1-4H3,(H3,11,12,13,14). The fourth-order valence-electron chi connectivity index (χ4n) is 1.22. The molecule has 15 heavy (non-hydrogen) atoms. The van der Waals surface area contributed by atoms with Crippen molar-refractivity contribution in [2.24, 2.45) is 0 Å². The van der Waals surface area contributed by atoms with Gasteiger partial charge in [0.15, 0.2) is 0 Å². The summed E-state index contributed by atoms with van der Waals surface area (Å²) in [7, 11) is 4.07. The van der Waals surface area contributed by atoms with Crippen LogP contribution in [-0.2, 0) is 0 Å². The Hall–Kier alpha value is -1.36. The summed E-state index contributed by atoms with van der Waals surface area (Å²) in [4.78, 5) is 10.5. The molecule has 3 N–H and O–H groups in total. The molecule has 0 aliphatic carbocycles. The van der Waals surface area contributed by atoms with E-state index in [4.69, 9.17) is 5.73 Å². The van der Waals surface area contributed by atoms with Gasteiger partial charge < -0.3 is 16.0 Å². The number of nitrogens with zero attached hydrogens (tertiary/aromatic N) is 3. The number of rotatable bonds is 4. The average Bonchev–Trinajstić information content (AvgIpc) is 2.12. The van der Waals surface area contributed by atoms with Crippen molar-refractivity contribution in [3.8, 4) is 0 Å². The number of nitrogens with one attached hydrogen (secondary N) is 1. The van der Waals surface area contributed by atoms with Crippen molar-refractivity contribution >= 4 is 11.6 Å². The Morgan fingerprint density at radius 3 is 2.53 bits per heavy atom. The van der Waals surface area contributed by atoms with E-state index in [1.807, 2.05) is 27.9 Å². The zero-order chi connectivity index (χ0) is 11.4. The Morgan fingerprint density at radius 2 is 1.93 bits per heavy atom. The molecule has 0 atom stereocenters. The van der Waals surface area contributed by atoms with Gasteiger partial charge in [-0.2, -0.15) is 0 Å². The zero-order valence-electron chi connectivity index (χ0n) is 9.83. The summed E-state index contributed by atoms with van der Waals surface area (Å²) in [5.41, 5.74) is 6.67. The summed E-state index contributed by atoms with van der Waals surface area (Å²) in [6, 6.07) is 0. The molecule has 1 rings (SSSR count). The highest BCUT2D eigenvalue weighted by atomic mass is 15.1. The van der Waals surface area contributed by atoms with E-state index < -0.39 is 0 Å². The molecule has 0 amide bonds. The summed E-state index contributed by atoms with van der Waals surface area (Å²) < 4.78 is 0. The van der Waals surface area contributed by atoms with Crippen LogP contribution >= 0.6 is 0 Å². The minimum Gasteiger partial charge on any atom is -0.383 e. The second kappa shape index (κ2) is 4.93. The van der Waals surface area contributed by atoms with Gasteiger partial charge in [-0.3, -0.25) is 0 Å². The third-order valence-electron chi connectivity index (χ3n) is 2.15. The number of aromatic nitrogens is 2. The molecule has 0 aromatic carbocycles. The fraction of sp³-hybridized carbons (Fsp3) is 0.600. The fourth-order valence-corrected chi connectivity index (χ4v) is 1.22. The highest BCUT2D eigenvalue weighted by molar-refractivity contribution is 5.54. The number of nitrogens with two attached hydrogens (primary N) is 1. The molecule has 5 heteroatoms. The van der Waals surface area contributed by atoms with Crippen LogP contribution in [0.25, 0.3) is 0 Å². The third kappa shape index (κ3) is 3.36. The van der Waals surface area contributed by atoms with Crippen LogP contribution in [0.3, 0.4) is 0 Å². The van der Waals surface area contributed by atoms with Crippen LogP contribution in [-0.4, -0.2) is 42.1 Å². The molecule has 1 heterocycles. The largest absolute Gasteiger partial charge is 0.383 e. The number of aryl methyl sites for hydroxylation is 1. The molecule has 0 bridgehead atoms. The van der Waals surface area contributed by atoms with Gasteiger partial charge in [-0.15, -0.1) is 0 Å². The van der Waals surface area contributed by atoms with E-state index in [2.05, 4.69) is 20.2 Å². The van der Waals surface area contributed by atoms with E-state index in [0.717, 1.165) is 24.5 Å². The number of nitrogen functional groups attached to an aromatic ring is 1. The molecule has 1 aromatic rings. The van der Waals surface area contributed by atoms with Crippen LogP contribution < -0.4 is 11.1 Å². The molecule has 0 radical (unpaired) electrons. The number of hydrogen-bond acceptors (Lipinski definition) is 5. The SMILES string of the molecule is Cc1nc(N)c(C)c(NCCN(C)C)n1. The number of hydrogen-bond donors (Lipinski definition) is 2. The van der Waals surface area contributed by atoms with Gasteiger partial charge in [0.2, 0.25) is 0 Å². The van der Waals surface area contributed by atoms with Crippen molar-refractivity contribution in [2.75, 3.05) is 38.2 Å². The summed E-state index contributed by atoms with van der Waals surface area (Å²) in [6.07, 6.45) is 0. The molecule has 0 saturated heterocycles. The van der Waals surface area contributed by atoms with E-state index in [0.29, 0.717) is 11.6 Å². The van der Waals surface area contributed by atoms with E-state index in [-0.39, 0.29) is 0 Å². The van der Waals surface area contributed by atoms with Gasteiger partial charge in [-0.05, 0) is 27.9 Å². The predicted molar refractivity (Wildman–Crippen MR) is 63.0 cm³/mol. The Morgan fingerprint density at radius 1 is 1.27 bits per heavy atom. The first-order valence-corrected chi connectivity index (χ1v) is 5.00. The first kappa shape index (κ1) is 11.7. The normalized spacial score (nSPS) is 10.7. The van der Waals surface area contributed by atoms with Crippen LogP contribution in [0.4, 0.5) is 11.6 Å². The lowest BCUT2D eigenvalue weighted by Gasteiger charge is -2.13. The highest BCUT2D eigenvalue weighted by Crippen LogP contribution is 2.16. The maximum Gasteiger partial charge on any atom is 0.134 e. The summed E-state index contributed by atoms with van der Waals surface area (Å²) in [5.74, 6) is 2.09.